The number of likely N-dealkylation sites (tertiary alicyclic amines) is 2. The first-order valence-electron chi connectivity index (χ1n) is 9.06. The fourth-order valence-electron chi connectivity index (χ4n) is 4.14. The fraction of sp³-hybridized carbons (Fsp3) is 0.824. The maximum atomic E-state index is 12.5. The van der Waals surface area contributed by atoms with Crippen LogP contribution in [0.2, 0.25) is 0 Å². The summed E-state index contributed by atoms with van der Waals surface area (Å²) in [7, 11) is 0. The zero-order valence-electron chi connectivity index (χ0n) is 14.5. The van der Waals surface area contributed by atoms with E-state index in [1.807, 2.05) is 4.90 Å². The lowest BCUT2D eigenvalue weighted by atomic mass is 9.72. The van der Waals surface area contributed by atoms with E-state index >= 15 is 0 Å². The lowest BCUT2D eigenvalue weighted by Gasteiger charge is -2.47. The third-order valence-electron chi connectivity index (χ3n) is 5.67. The summed E-state index contributed by atoms with van der Waals surface area (Å²) in [6.07, 6.45) is 3.32. The smallest absolute Gasteiger partial charge is 0.323 e. The van der Waals surface area contributed by atoms with Gasteiger partial charge in [0.2, 0.25) is 11.8 Å². The summed E-state index contributed by atoms with van der Waals surface area (Å²) in [5.41, 5.74) is -0.0354. The topological polar surface area (TPSA) is 99.2 Å². The molecule has 0 radical (unpaired) electrons. The second-order valence-electron chi connectivity index (χ2n) is 7.45. The Labute approximate surface area is 147 Å². The molecular weight excluding hydrogens is 326 g/mol. The number of carbonyl (C=O) groups is 3. The summed E-state index contributed by atoms with van der Waals surface area (Å²) in [5.74, 6) is -0.901. The summed E-state index contributed by atoms with van der Waals surface area (Å²) in [6.45, 7) is 3.70. The molecule has 8 heteroatoms. The second kappa shape index (κ2) is 7.70. The van der Waals surface area contributed by atoms with E-state index in [9.17, 15) is 14.4 Å². The normalized spacial score (nSPS) is 26.7. The first kappa shape index (κ1) is 18.1. The Morgan fingerprint density at radius 2 is 2.04 bits per heavy atom. The van der Waals surface area contributed by atoms with Crippen molar-refractivity contribution in [3.8, 4) is 0 Å². The van der Waals surface area contributed by atoms with Crippen molar-refractivity contribution in [2.75, 3.05) is 45.9 Å². The predicted octanol–water partition coefficient (Wildman–Crippen LogP) is -0.319. The van der Waals surface area contributed by atoms with Gasteiger partial charge in [-0.2, -0.15) is 0 Å². The van der Waals surface area contributed by atoms with Crippen molar-refractivity contribution in [2.45, 2.75) is 38.1 Å². The van der Waals surface area contributed by atoms with Crippen molar-refractivity contribution in [3.63, 3.8) is 0 Å². The molecule has 1 unspecified atom stereocenters. The molecule has 0 aromatic rings. The number of piperidine rings is 2. The largest absolute Gasteiger partial charge is 0.480 e. The zero-order chi connectivity index (χ0) is 17.9. The molecule has 2 N–H and O–H groups in total. The minimum Gasteiger partial charge on any atom is -0.480 e. The van der Waals surface area contributed by atoms with Crippen LogP contribution in [0.4, 0.5) is 0 Å². The van der Waals surface area contributed by atoms with Crippen molar-refractivity contribution >= 4 is 17.8 Å². The standard InChI is InChI=1S/C17H27N3O5/c21-14-1-2-17(12-20(14)10-16(23)24)3-6-19(7-4-17)15(22)9-13-11-25-8-5-18-13/h13,18H,1-12H2,(H,23,24). The molecule has 1 atom stereocenters. The van der Waals surface area contributed by atoms with Crippen LogP contribution in [0.5, 0.6) is 0 Å². The summed E-state index contributed by atoms with van der Waals surface area (Å²) in [5, 5.41) is 12.3. The molecule has 3 saturated heterocycles. The molecule has 0 saturated carbocycles. The molecule has 0 bridgehead atoms. The van der Waals surface area contributed by atoms with Gasteiger partial charge in [0.1, 0.15) is 6.54 Å². The highest BCUT2D eigenvalue weighted by atomic mass is 16.5. The number of amides is 2. The number of morpholine rings is 1. The van der Waals surface area contributed by atoms with Crippen LogP contribution in [0.1, 0.15) is 32.1 Å². The van der Waals surface area contributed by atoms with E-state index in [1.165, 1.54) is 4.90 Å². The maximum Gasteiger partial charge on any atom is 0.323 e. The van der Waals surface area contributed by atoms with E-state index in [4.69, 9.17) is 9.84 Å². The van der Waals surface area contributed by atoms with Gasteiger partial charge in [-0.15, -0.1) is 0 Å². The molecule has 1 spiro atoms. The average Bonchev–Trinajstić information content (AvgIpc) is 2.59. The van der Waals surface area contributed by atoms with E-state index in [2.05, 4.69) is 5.32 Å². The van der Waals surface area contributed by atoms with Crippen LogP contribution in [0.25, 0.3) is 0 Å². The van der Waals surface area contributed by atoms with Gasteiger partial charge in [0.05, 0.1) is 13.2 Å². The molecule has 0 aromatic heterocycles. The number of carbonyl (C=O) groups excluding carboxylic acids is 2. The molecule has 25 heavy (non-hydrogen) atoms. The van der Waals surface area contributed by atoms with Crippen LogP contribution in [-0.2, 0) is 19.1 Å². The van der Waals surface area contributed by atoms with Crippen LogP contribution in [0.3, 0.4) is 0 Å². The lowest BCUT2D eigenvalue weighted by molar-refractivity contribution is -0.150. The number of hydrogen-bond acceptors (Lipinski definition) is 5. The van der Waals surface area contributed by atoms with Gasteiger partial charge in [0.25, 0.3) is 0 Å². The molecule has 3 fully saturated rings. The van der Waals surface area contributed by atoms with Gasteiger partial charge in [-0.05, 0) is 24.7 Å². The highest BCUT2D eigenvalue weighted by molar-refractivity contribution is 5.82. The Hall–Kier alpha value is -1.67. The van der Waals surface area contributed by atoms with E-state index in [1.54, 1.807) is 0 Å². The number of aliphatic carboxylic acids is 1. The molecule has 8 nitrogen and oxygen atoms in total. The van der Waals surface area contributed by atoms with Gasteiger partial charge in [-0.25, -0.2) is 0 Å². The predicted molar refractivity (Wildman–Crippen MR) is 88.9 cm³/mol. The van der Waals surface area contributed by atoms with E-state index in [-0.39, 0.29) is 29.8 Å². The van der Waals surface area contributed by atoms with Crippen molar-refractivity contribution in [2.24, 2.45) is 5.41 Å². The van der Waals surface area contributed by atoms with Crippen molar-refractivity contribution in [3.05, 3.63) is 0 Å². The molecule has 0 aliphatic carbocycles. The van der Waals surface area contributed by atoms with Gasteiger partial charge >= 0.3 is 5.97 Å². The Kier molecular flexibility index (Phi) is 5.58. The molecule has 3 heterocycles. The number of hydrogen-bond donors (Lipinski definition) is 2. The quantitative estimate of drug-likeness (QED) is 0.719. The number of nitrogens with zero attached hydrogens (tertiary/aromatic N) is 2. The van der Waals surface area contributed by atoms with Crippen LogP contribution < -0.4 is 5.32 Å². The average molecular weight is 353 g/mol. The molecule has 3 rings (SSSR count). The maximum absolute atomic E-state index is 12.5. The summed E-state index contributed by atoms with van der Waals surface area (Å²) in [4.78, 5) is 38.7. The second-order valence-corrected chi connectivity index (χ2v) is 7.45. The minimum absolute atomic E-state index is 0.0354. The Morgan fingerprint density at radius 1 is 1.28 bits per heavy atom. The fourth-order valence-corrected chi connectivity index (χ4v) is 4.14. The number of rotatable bonds is 4. The van der Waals surface area contributed by atoms with Gasteiger partial charge < -0.3 is 25.0 Å². The zero-order valence-corrected chi connectivity index (χ0v) is 14.5. The van der Waals surface area contributed by atoms with Crippen molar-refractivity contribution in [1.82, 2.24) is 15.1 Å². The Morgan fingerprint density at radius 3 is 2.68 bits per heavy atom. The first-order valence-corrected chi connectivity index (χ1v) is 9.06. The van der Waals surface area contributed by atoms with Crippen LogP contribution in [0.15, 0.2) is 0 Å². The lowest BCUT2D eigenvalue weighted by Crippen LogP contribution is -2.54. The third-order valence-corrected chi connectivity index (χ3v) is 5.67. The Bertz CT molecular complexity index is 524. The highest BCUT2D eigenvalue weighted by Crippen LogP contribution is 2.40. The van der Waals surface area contributed by atoms with Gasteiger partial charge in [0, 0.05) is 45.1 Å². The molecule has 3 aliphatic rings. The number of ether oxygens (including phenoxy) is 1. The summed E-state index contributed by atoms with van der Waals surface area (Å²) < 4.78 is 5.40. The number of nitrogens with one attached hydrogen (secondary N) is 1. The van der Waals surface area contributed by atoms with E-state index in [0.29, 0.717) is 45.7 Å². The molecule has 140 valence electrons. The molecule has 3 aliphatic heterocycles. The van der Waals surface area contributed by atoms with E-state index < -0.39 is 5.97 Å². The van der Waals surface area contributed by atoms with E-state index in [0.717, 1.165) is 25.8 Å². The van der Waals surface area contributed by atoms with Crippen molar-refractivity contribution < 1.29 is 24.2 Å². The molecular formula is C17H27N3O5. The highest BCUT2D eigenvalue weighted by Gasteiger charge is 2.42. The molecule has 2 amide bonds. The van der Waals surface area contributed by atoms with Gasteiger partial charge in [0.15, 0.2) is 0 Å². The Balaban J connectivity index is 1.51. The third kappa shape index (κ3) is 4.49. The van der Waals surface area contributed by atoms with Crippen molar-refractivity contribution in [1.29, 1.82) is 0 Å². The summed E-state index contributed by atoms with van der Waals surface area (Å²) >= 11 is 0. The monoisotopic (exact) mass is 353 g/mol. The molecule has 0 aromatic carbocycles. The van der Waals surface area contributed by atoms with Gasteiger partial charge in [-0.3, -0.25) is 14.4 Å². The minimum atomic E-state index is -0.972. The van der Waals surface area contributed by atoms with Crippen LogP contribution in [-0.4, -0.2) is 84.7 Å². The number of carboxylic acid groups (broad SMARTS) is 1. The summed E-state index contributed by atoms with van der Waals surface area (Å²) in [6, 6.07) is 0.0931. The van der Waals surface area contributed by atoms with Gasteiger partial charge in [-0.1, -0.05) is 0 Å². The van der Waals surface area contributed by atoms with Crippen LogP contribution >= 0.6 is 0 Å². The van der Waals surface area contributed by atoms with Crippen LogP contribution in [0, 0.1) is 5.41 Å². The number of carboxylic acids is 1. The SMILES string of the molecule is O=C(O)CN1CC2(CCC1=O)CCN(C(=O)CC1COCCN1)CC2. The first-order chi connectivity index (χ1) is 12.0.